The lowest BCUT2D eigenvalue weighted by Crippen LogP contribution is -2.17. The van der Waals surface area contributed by atoms with Gasteiger partial charge >= 0.3 is 0 Å². The second kappa shape index (κ2) is 8.85. The lowest BCUT2D eigenvalue weighted by molar-refractivity contribution is -0.384. The molecule has 28 heavy (non-hydrogen) atoms. The van der Waals surface area contributed by atoms with E-state index < -0.39 is 4.92 Å². The molecule has 1 aliphatic rings. The van der Waals surface area contributed by atoms with Crippen molar-refractivity contribution in [2.24, 2.45) is 0 Å². The number of benzene rings is 2. The maximum Gasteiger partial charge on any atom is 0.270 e. The number of carbonyl (C=O) groups excluding carboxylic acids is 1. The highest BCUT2D eigenvalue weighted by atomic mass is 32.2. The summed E-state index contributed by atoms with van der Waals surface area (Å²) >= 11 is 6.07. The fourth-order valence-corrected chi connectivity index (χ4v) is 3.51. The SMILES string of the molecule is Cc1cccc(OCCOc2ccc([N+](=O)[O-])cc2/C=C2\SC(=S)NC2=O)c1. The molecule has 0 bridgehead atoms. The maximum absolute atomic E-state index is 11.9. The molecule has 1 fully saturated rings. The summed E-state index contributed by atoms with van der Waals surface area (Å²) in [7, 11) is 0. The van der Waals surface area contributed by atoms with Crippen LogP contribution in [0.3, 0.4) is 0 Å². The number of thioether (sulfide) groups is 1. The molecule has 7 nitrogen and oxygen atoms in total. The zero-order valence-electron chi connectivity index (χ0n) is 14.8. The number of hydrogen-bond donors (Lipinski definition) is 1. The van der Waals surface area contributed by atoms with Gasteiger partial charge in [-0.3, -0.25) is 14.9 Å². The van der Waals surface area contributed by atoms with Crippen LogP contribution in [0.25, 0.3) is 6.08 Å². The standard InChI is InChI=1S/C19H16N2O5S2/c1-12-3-2-4-15(9-12)25-7-8-26-16-6-5-14(21(23)24)10-13(16)11-17-18(22)20-19(27)28-17/h2-6,9-11H,7-8H2,1H3,(H,20,22,27)/b17-11-. The smallest absolute Gasteiger partial charge is 0.270 e. The number of nitro benzene ring substituents is 1. The summed E-state index contributed by atoms with van der Waals surface area (Å²) in [5, 5.41) is 13.6. The van der Waals surface area contributed by atoms with Crippen molar-refractivity contribution in [1.82, 2.24) is 5.32 Å². The summed E-state index contributed by atoms with van der Waals surface area (Å²) in [5.41, 5.74) is 1.42. The maximum atomic E-state index is 11.9. The van der Waals surface area contributed by atoms with Crippen molar-refractivity contribution in [3.05, 3.63) is 68.6 Å². The van der Waals surface area contributed by atoms with Crippen molar-refractivity contribution < 1.29 is 19.2 Å². The van der Waals surface area contributed by atoms with Crippen LogP contribution >= 0.6 is 24.0 Å². The molecule has 0 aliphatic carbocycles. The Labute approximate surface area is 170 Å². The van der Waals surface area contributed by atoms with Crippen molar-refractivity contribution in [3.8, 4) is 11.5 Å². The van der Waals surface area contributed by atoms with E-state index in [1.165, 1.54) is 24.3 Å². The van der Waals surface area contributed by atoms with E-state index in [-0.39, 0.29) is 18.2 Å². The van der Waals surface area contributed by atoms with Gasteiger partial charge < -0.3 is 14.8 Å². The number of aryl methyl sites for hydroxylation is 1. The van der Waals surface area contributed by atoms with Crippen molar-refractivity contribution in [2.45, 2.75) is 6.92 Å². The highest BCUT2D eigenvalue weighted by Gasteiger charge is 2.23. The van der Waals surface area contributed by atoms with Crippen molar-refractivity contribution in [1.29, 1.82) is 0 Å². The zero-order chi connectivity index (χ0) is 20.1. The molecule has 2 aromatic rings. The minimum atomic E-state index is -0.501. The molecule has 144 valence electrons. The summed E-state index contributed by atoms with van der Waals surface area (Å²) in [4.78, 5) is 22.8. The first-order valence-electron chi connectivity index (χ1n) is 8.28. The fourth-order valence-electron chi connectivity index (χ4n) is 2.47. The molecule has 0 spiro atoms. The van der Waals surface area contributed by atoms with Gasteiger partial charge in [-0.15, -0.1) is 0 Å². The molecule has 3 rings (SSSR count). The Morgan fingerprint density at radius 3 is 2.68 bits per heavy atom. The number of rotatable bonds is 7. The Hall–Kier alpha value is -2.91. The van der Waals surface area contributed by atoms with Gasteiger partial charge in [-0.1, -0.05) is 36.1 Å². The van der Waals surface area contributed by atoms with Gasteiger partial charge in [0.1, 0.15) is 29.0 Å². The van der Waals surface area contributed by atoms with E-state index in [1.807, 2.05) is 31.2 Å². The van der Waals surface area contributed by atoms with E-state index in [2.05, 4.69) is 5.32 Å². The first kappa shape index (κ1) is 19.8. The predicted molar refractivity (Wildman–Crippen MR) is 112 cm³/mol. The number of hydrogen-bond acceptors (Lipinski definition) is 7. The van der Waals surface area contributed by atoms with Crippen LogP contribution in [-0.4, -0.2) is 28.4 Å². The number of carbonyl (C=O) groups is 1. The minimum absolute atomic E-state index is 0.0961. The first-order chi connectivity index (χ1) is 13.4. The van der Waals surface area contributed by atoms with Crippen molar-refractivity contribution in [2.75, 3.05) is 13.2 Å². The monoisotopic (exact) mass is 416 g/mol. The molecule has 1 saturated heterocycles. The van der Waals surface area contributed by atoms with E-state index >= 15 is 0 Å². The molecule has 0 saturated carbocycles. The molecule has 0 unspecified atom stereocenters. The normalized spacial score (nSPS) is 14.8. The van der Waals surface area contributed by atoms with Gasteiger partial charge in [0.15, 0.2) is 0 Å². The van der Waals surface area contributed by atoms with Gasteiger partial charge in [-0.2, -0.15) is 0 Å². The van der Waals surface area contributed by atoms with Crippen LogP contribution in [0, 0.1) is 17.0 Å². The summed E-state index contributed by atoms with van der Waals surface area (Å²) in [5.74, 6) is 0.814. The average Bonchev–Trinajstić information content (AvgIpc) is 2.96. The minimum Gasteiger partial charge on any atom is -0.490 e. The topological polar surface area (TPSA) is 90.7 Å². The van der Waals surface area contributed by atoms with Crippen LogP contribution in [-0.2, 0) is 4.79 Å². The van der Waals surface area contributed by atoms with Crippen molar-refractivity contribution >= 4 is 46.0 Å². The van der Waals surface area contributed by atoms with Crippen LogP contribution in [0.2, 0.25) is 0 Å². The summed E-state index contributed by atoms with van der Waals surface area (Å²) in [6, 6.07) is 11.9. The second-order valence-corrected chi connectivity index (χ2v) is 7.56. The fraction of sp³-hybridized carbons (Fsp3) is 0.158. The average molecular weight is 416 g/mol. The van der Waals surface area contributed by atoms with Crippen LogP contribution in [0.1, 0.15) is 11.1 Å². The Morgan fingerprint density at radius 2 is 2.00 bits per heavy atom. The Kier molecular flexibility index (Phi) is 6.27. The third-order valence-electron chi connectivity index (χ3n) is 3.73. The van der Waals surface area contributed by atoms with Gasteiger partial charge in [-0.05, 0) is 36.8 Å². The summed E-state index contributed by atoms with van der Waals surface area (Å²) < 4.78 is 11.7. The number of ether oxygens (including phenoxy) is 2. The van der Waals surface area contributed by atoms with Crippen LogP contribution in [0.5, 0.6) is 11.5 Å². The highest BCUT2D eigenvalue weighted by Crippen LogP contribution is 2.31. The Morgan fingerprint density at radius 1 is 1.21 bits per heavy atom. The Balaban J connectivity index is 1.72. The van der Waals surface area contributed by atoms with Crippen molar-refractivity contribution in [3.63, 3.8) is 0 Å². The third kappa shape index (κ3) is 5.08. The number of amides is 1. The first-order valence-corrected chi connectivity index (χ1v) is 9.50. The second-order valence-electron chi connectivity index (χ2n) is 5.84. The summed E-state index contributed by atoms with van der Waals surface area (Å²) in [6.45, 7) is 2.51. The molecule has 9 heteroatoms. The molecule has 1 N–H and O–H groups in total. The predicted octanol–water partition coefficient (Wildman–Crippen LogP) is 3.85. The molecule has 0 aromatic heterocycles. The zero-order valence-corrected chi connectivity index (χ0v) is 16.5. The molecular formula is C19H16N2O5S2. The van der Waals surface area contributed by atoms with E-state index in [1.54, 1.807) is 0 Å². The lowest BCUT2D eigenvalue weighted by atomic mass is 10.1. The van der Waals surface area contributed by atoms with Crippen LogP contribution < -0.4 is 14.8 Å². The largest absolute Gasteiger partial charge is 0.490 e. The molecule has 1 aliphatic heterocycles. The Bertz CT molecular complexity index is 975. The van der Waals surface area contributed by atoms with Crippen LogP contribution in [0.15, 0.2) is 47.4 Å². The van der Waals surface area contributed by atoms with Crippen LogP contribution in [0.4, 0.5) is 5.69 Å². The molecule has 0 atom stereocenters. The number of non-ortho nitro benzene ring substituents is 1. The van der Waals surface area contributed by atoms with E-state index in [0.717, 1.165) is 23.1 Å². The van der Waals surface area contributed by atoms with E-state index in [0.29, 0.717) is 27.1 Å². The van der Waals surface area contributed by atoms with Gasteiger partial charge in [0.05, 0.1) is 9.83 Å². The van der Waals surface area contributed by atoms with Gasteiger partial charge in [0, 0.05) is 17.7 Å². The van der Waals surface area contributed by atoms with E-state index in [4.69, 9.17) is 21.7 Å². The number of nitrogens with one attached hydrogen (secondary N) is 1. The summed E-state index contributed by atoms with van der Waals surface area (Å²) in [6.07, 6.45) is 1.53. The molecule has 1 amide bonds. The molecule has 0 radical (unpaired) electrons. The van der Waals surface area contributed by atoms with Gasteiger partial charge in [0.2, 0.25) is 0 Å². The number of nitro groups is 1. The highest BCUT2D eigenvalue weighted by molar-refractivity contribution is 8.26. The quantitative estimate of drug-likeness (QED) is 0.241. The lowest BCUT2D eigenvalue weighted by Gasteiger charge is -2.11. The van der Waals surface area contributed by atoms with Gasteiger partial charge in [0.25, 0.3) is 11.6 Å². The molecule has 1 heterocycles. The number of thiocarbonyl (C=S) groups is 1. The third-order valence-corrected chi connectivity index (χ3v) is 4.89. The molecule has 2 aromatic carbocycles. The molecular weight excluding hydrogens is 400 g/mol. The van der Waals surface area contributed by atoms with E-state index in [9.17, 15) is 14.9 Å². The van der Waals surface area contributed by atoms with Gasteiger partial charge in [-0.25, -0.2) is 0 Å². The number of nitrogens with zero attached hydrogens (tertiary/aromatic N) is 1.